The maximum Gasteiger partial charge on any atom is 0.307 e. The molecule has 0 amide bonds. The van der Waals surface area contributed by atoms with Gasteiger partial charge in [0.25, 0.3) is 0 Å². The Hall–Kier alpha value is -2.12. The van der Waals surface area contributed by atoms with Gasteiger partial charge in [0, 0.05) is 0 Å². The number of carboxylic acid groups (broad SMARTS) is 4. The standard InChI is InChI=1S/C19H32O8/c1-3-5-9-14(18(24)25)15(19(26)27)11-8-6-7-10-13(17(22)23)12(4-2)16(20)21/h12-15H,3-11H2,1-2H3,(H,20,21)(H,22,23)(H,24,25)(H,26,27). The Morgan fingerprint density at radius 3 is 1.19 bits per heavy atom. The molecule has 0 bridgehead atoms. The van der Waals surface area contributed by atoms with Crippen LogP contribution in [0, 0.1) is 23.7 Å². The Labute approximate surface area is 159 Å². The van der Waals surface area contributed by atoms with Gasteiger partial charge in [0.2, 0.25) is 0 Å². The van der Waals surface area contributed by atoms with E-state index in [1.165, 1.54) is 0 Å². The van der Waals surface area contributed by atoms with Gasteiger partial charge in [-0.1, -0.05) is 46.0 Å². The van der Waals surface area contributed by atoms with Gasteiger partial charge in [0.05, 0.1) is 23.7 Å². The molecule has 0 aromatic carbocycles. The summed E-state index contributed by atoms with van der Waals surface area (Å²) in [7, 11) is 0. The minimum atomic E-state index is -1.14. The number of aliphatic carboxylic acids is 4. The van der Waals surface area contributed by atoms with E-state index in [1.54, 1.807) is 6.92 Å². The first-order valence-corrected chi connectivity index (χ1v) is 9.58. The van der Waals surface area contributed by atoms with Crippen LogP contribution in [0.4, 0.5) is 0 Å². The van der Waals surface area contributed by atoms with Gasteiger partial charge in [0.15, 0.2) is 0 Å². The van der Waals surface area contributed by atoms with Crippen molar-refractivity contribution >= 4 is 23.9 Å². The van der Waals surface area contributed by atoms with Gasteiger partial charge in [0.1, 0.15) is 0 Å². The van der Waals surface area contributed by atoms with E-state index in [0.717, 1.165) is 6.42 Å². The summed E-state index contributed by atoms with van der Waals surface area (Å²) in [5, 5.41) is 37.1. The summed E-state index contributed by atoms with van der Waals surface area (Å²) in [5.74, 6) is -8.31. The number of hydrogen-bond donors (Lipinski definition) is 4. The molecule has 0 saturated carbocycles. The summed E-state index contributed by atoms with van der Waals surface area (Å²) < 4.78 is 0. The van der Waals surface area contributed by atoms with E-state index in [2.05, 4.69) is 0 Å². The quantitative estimate of drug-likeness (QED) is 0.294. The summed E-state index contributed by atoms with van der Waals surface area (Å²) in [6.45, 7) is 3.54. The van der Waals surface area contributed by atoms with E-state index in [-0.39, 0.29) is 19.3 Å². The molecular formula is C19H32O8. The second-order valence-electron chi connectivity index (χ2n) is 6.97. The van der Waals surface area contributed by atoms with Gasteiger partial charge in [-0.15, -0.1) is 0 Å². The summed E-state index contributed by atoms with van der Waals surface area (Å²) in [5.41, 5.74) is 0. The number of carboxylic acids is 4. The van der Waals surface area contributed by atoms with E-state index in [1.807, 2.05) is 6.92 Å². The third kappa shape index (κ3) is 8.88. The molecule has 0 aliphatic carbocycles. The van der Waals surface area contributed by atoms with Crippen LogP contribution in [0.3, 0.4) is 0 Å². The zero-order valence-electron chi connectivity index (χ0n) is 16.1. The molecule has 0 radical (unpaired) electrons. The smallest absolute Gasteiger partial charge is 0.307 e. The largest absolute Gasteiger partial charge is 0.481 e. The molecule has 0 spiro atoms. The Bertz CT molecular complexity index is 502. The molecule has 156 valence electrons. The van der Waals surface area contributed by atoms with Crippen LogP contribution in [0.2, 0.25) is 0 Å². The normalized spacial score (nSPS) is 15.5. The third-order valence-electron chi connectivity index (χ3n) is 5.08. The van der Waals surface area contributed by atoms with Crippen molar-refractivity contribution in [2.45, 2.75) is 71.6 Å². The van der Waals surface area contributed by atoms with Crippen LogP contribution < -0.4 is 0 Å². The first-order chi connectivity index (χ1) is 12.7. The molecule has 0 fully saturated rings. The fraction of sp³-hybridized carbons (Fsp3) is 0.789. The number of unbranched alkanes of at least 4 members (excludes halogenated alkanes) is 3. The van der Waals surface area contributed by atoms with Gasteiger partial charge in [-0.3, -0.25) is 19.2 Å². The zero-order valence-corrected chi connectivity index (χ0v) is 16.1. The fourth-order valence-corrected chi connectivity index (χ4v) is 3.45. The summed E-state index contributed by atoms with van der Waals surface area (Å²) in [6.07, 6.45) is 3.85. The first kappa shape index (κ1) is 24.9. The Balaban J connectivity index is 4.63. The van der Waals surface area contributed by atoms with E-state index in [0.29, 0.717) is 32.1 Å². The number of hydrogen-bond acceptors (Lipinski definition) is 4. The van der Waals surface area contributed by atoms with Gasteiger partial charge in [-0.25, -0.2) is 0 Å². The number of carbonyl (C=O) groups is 4. The Morgan fingerprint density at radius 2 is 0.889 bits per heavy atom. The van der Waals surface area contributed by atoms with Crippen LogP contribution in [0.15, 0.2) is 0 Å². The summed E-state index contributed by atoms with van der Waals surface area (Å²) >= 11 is 0. The van der Waals surface area contributed by atoms with Crippen molar-refractivity contribution in [1.29, 1.82) is 0 Å². The predicted molar refractivity (Wildman–Crippen MR) is 97.4 cm³/mol. The van der Waals surface area contributed by atoms with Crippen LogP contribution in [0.25, 0.3) is 0 Å². The maximum absolute atomic E-state index is 11.5. The van der Waals surface area contributed by atoms with E-state index in [9.17, 15) is 34.5 Å². The monoisotopic (exact) mass is 388 g/mol. The third-order valence-corrected chi connectivity index (χ3v) is 5.08. The lowest BCUT2D eigenvalue weighted by atomic mass is 9.83. The zero-order chi connectivity index (χ0) is 21.0. The molecule has 4 atom stereocenters. The van der Waals surface area contributed by atoms with Crippen molar-refractivity contribution < 1.29 is 39.6 Å². The Morgan fingerprint density at radius 1 is 0.556 bits per heavy atom. The molecule has 0 saturated heterocycles. The molecule has 4 unspecified atom stereocenters. The molecule has 8 heteroatoms. The van der Waals surface area contributed by atoms with Crippen molar-refractivity contribution in [2.75, 3.05) is 0 Å². The van der Waals surface area contributed by atoms with Crippen molar-refractivity contribution in [3.8, 4) is 0 Å². The average molecular weight is 388 g/mol. The summed E-state index contributed by atoms with van der Waals surface area (Å²) in [4.78, 5) is 45.4. The lowest BCUT2D eigenvalue weighted by Gasteiger charge is -2.21. The molecule has 0 rings (SSSR count). The lowest BCUT2D eigenvalue weighted by molar-refractivity contribution is -0.154. The summed E-state index contributed by atoms with van der Waals surface area (Å²) in [6, 6.07) is 0. The minimum absolute atomic E-state index is 0.204. The molecular weight excluding hydrogens is 356 g/mol. The highest BCUT2D eigenvalue weighted by molar-refractivity contribution is 5.80. The van der Waals surface area contributed by atoms with Gasteiger partial charge in [-0.05, 0) is 25.7 Å². The predicted octanol–water partition coefficient (Wildman–Crippen LogP) is 3.34. The number of rotatable bonds is 16. The molecule has 0 heterocycles. The molecule has 0 aliphatic heterocycles. The first-order valence-electron chi connectivity index (χ1n) is 9.58. The Kier molecular flexibility index (Phi) is 12.1. The minimum Gasteiger partial charge on any atom is -0.481 e. The van der Waals surface area contributed by atoms with E-state index >= 15 is 0 Å². The SMILES string of the molecule is CCCCC(C(=O)O)C(CCCCCC(C(=O)O)C(CC)C(=O)O)C(=O)O. The van der Waals surface area contributed by atoms with Gasteiger partial charge < -0.3 is 20.4 Å². The molecule has 27 heavy (non-hydrogen) atoms. The molecule has 0 aromatic rings. The van der Waals surface area contributed by atoms with Crippen molar-refractivity contribution in [1.82, 2.24) is 0 Å². The van der Waals surface area contributed by atoms with E-state index in [4.69, 9.17) is 5.11 Å². The van der Waals surface area contributed by atoms with Crippen molar-refractivity contribution in [2.24, 2.45) is 23.7 Å². The molecule has 8 nitrogen and oxygen atoms in total. The highest BCUT2D eigenvalue weighted by Crippen LogP contribution is 2.27. The van der Waals surface area contributed by atoms with Crippen molar-refractivity contribution in [3.63, 3.8) is 0 Å². The molecule has 0 aliphatic rings. The second kappa shape index (κ2) is 13.1. The lowest BCUT2D eigenvalue weighted by Crippen LogP contribution is -2.30. The highest BCUT2D eigenvalue weighted by Gasteiger charge is 2.33. The average Bonchev–Trinajstić information content (AvgIpc) is 2.57. The second-order valence-corrected chi connectivity index (χ2v) is 6.97. The molecule has 4 N–H and O–H groups in total. The van der Waals surface area contributed by atoms with Crippen LogP contribution in [-0.4, -0.2) is 44.3 Å². The van der Waals surface area contributed by atoms with Crippen LogP contribution in [-0.2, 0) is 19.2 Å². The highest BCUT2D eigenvalue weighted by atomic mass is 16.4. The van der Waals surface area contributed by atoms with Crippen molar-refractivity contribution in [3.05, 3.63) is 0 Å². The van der Waals surface area contributed by atoms with Gasteiger partial charge >= 0.3 is 23.9 Å². The van der Waals surface area contributed by atoms with E-state index < -0.39 is 47.5 Å². The van der Waals surface area contributed by atoms with Crippen LogP contribution in [0.5, 0.6) is 0 Å². The topological polar surface area (TPSA) is 149 Å². The van der Waals surface area contributed by atoms with Crippen LogP contribution >= 0.6 is 0 Å². The molecule has 0 aromatic heterocycles. The van der Waals surface area contributed by atoms with Gasteiger partial charge in [-0.2, -0.15) is 0 Å². The fourth-order valence-electron chi connectivity index (χ4n) is 3.45. The maximum atomic E-state index is 11.5. The van der Waals surface area contributed by atoms with Crippen LogP contribution in [0.1, 0.15) is 71.6 Å².